The second-order valence-corrected chi connectivity index (χ2v) is 7.37. The predicted molar refractivity (Wildman–Crippen MR) is 111 cm³/mol. The molecule has 0 saturated carbocycles. The number of nitrogens with one attached hydrogen (secondary N) is 5. The smallest absolute Gasteiger partial charge is 0.155 e. The molecule has 2 heterocycles. The fourth-order valence-electron chi connectivity index (χ4n) is 3.27. The summed E-state index contributed by atoms with van der Waals surface area (Å²) in [5.74, 6) is 0.566. The Morgan fingerprint density at radius 2 is 2.00 bits per heavy atom. The molecular weight excluding hydrogens is 394 g/mol. The number of aliphatic hydroxyl groups is 4. The van der Waals surface area contributed by atoms with Gasteiger partial charge in [-0.3, -0.25) is 5.32 Å². The third-order valence-electron chi connectivity index (χ3n) is 4.87. The molecular formula is C18H37N7O5. The van der Waals surface area contributed by atoms with Crippen LogP contribution < -0.4 is 32.3 Å². The minimum absolute atomic E-state index is 0.285. The number of likely N-dealkylation sites (N-methyl/N-ethyl adjacent to an activating group) is 1. The van der Waals surface area contributed by atoms with Crippen LogP contribution in [0.3, 0.4) is 0 Å². The average Bonchev–Trinajstić information content (AvgIpc) is 3.28. The third kappa shape index (κ3) is 7.47. The van der Waals surface area contributed by atoms with Gasteiger partial charge in [0.25, 0.3) is 0 Å². The zero-order valence-corrected chi connectivity index (χ0v) is 17.6. The molecule has 11 N–H and O–H groups in total. The van der Waals surface area contributed by atoms with Crippen molar-refractivity contribution in [2.75, 3.05) is 26.7 Å². The van der Waals surface area contributed by atoms with Gasteiger partial charge in [0.2, 0.25) is 0 Å². The van der Waals surface area contributed by atoms with Gasteiger partial charge in [-0.1, -0.05) is 0 Å². The highest BCUT2D eigenvalue weighted by Crippen LogP contribution is 2.15. The fourth-order valence-corrected chi connectivity index (χ4v) is 3.27. The Morgan fingerprint density at radius 1 is 1.23 bits per heavy atom. The van der Waals surface area contributed by atoms with E-state index >= 15 is 0 Å². The Bertz CT molecular complexity index is 579. The number of nitrogens with zero attached hydrogens (tertiary/aromatic N) is 1. The van der Waals surface area contributed by atoms with Crippen LogP contribution in [0.2, 0.25) is 0 Å². The minimum Gasteiger partial charge on any atom is -0.382 e. The highest BCUT2D eigenvalue weighted by atomic mass is 16.6. The summed E-state index contributed by atoms with van der Waals surface area (Å²) in [6.07, 6.45) is 0.959. The van der Waals surface area contributed by atoms with Crippen LogP contribution in [0, 0.1) is 0 Å². The Balaban J connectivity index is 1.72. The summed E-state index contributed by atoms with van der Waals surface area (Å²) in [4.78, 5) is 1.78. The molecule has 0 spiro atoms. The lowest BCUT2D eigenvalue weighted by molar-refractivity contribution is -0.0993. The highest BCUT2D eigenvalue weighted by Gasteiger charge is 2.31. The molecule has 12 heteroatoms. The normalized spacial score (nSPS) is 25.0. The number of nitrogens with two attached hydrogens (primary N) is 1. The van der Waals surface area contributed by atoms with E-state index in [0.717, 1.165) is 5.70 Å². The van der Waals surface area contributed by atoms with Crippen LogP contribution in [0.1, 0.15) is 26.2 Å². The van der Waals surface area contributed by atoms with Gasteiger partial charge in [0.05, 0.1) is 6.04 Å². The van der Waals surface area contributed by atoms with E-state index in [1.165, 1.54) is 0 Å². The van der Waals surface area contributed by atoms with E-state index in [-0.39, 0.29) is 6.04 Å². The first-order valence-corrected chi connectivity index (χ1v) is 10.3. The summed E-state index contributed by atoms with van der Waals surface area (Å²) in [5.41, 5.74) is 6.22. The molecule has 6 atom stereocenters. The molecule has 0 aromatic heterocycles. The third-order valence-corrected chi connectivity index (χ3v) is 4.87. The number of hydrogen-bond donors (Lipinski definition) is 10. The van der Waals surface area contributed by atoms with E-state index in [0.29, 0.717) is 44.8 Å². The number of hydrogen-bond acceptors (Lipinski definition) is 12. The summed E-state index contributed by atoms with van der Waals surface area (Å²) in [6, 6.07) is -0.285. The standard InChI is InChI=1S/C18H37N7O5/c1-3-30-15(27)5-7-20-18(29)16-23-13(10-25(16)2)24-17(28)12-8-11(9-21-12)22-14(26)4-6-19/h9-10,12,14-18,20-24,26-29H,3-8,19H2,1-2H3. The first kappa shape index (κ1) is 24.5. The molecule has 30 heavy (non-hydrogen) atoms. The van der Waals surface area contributed by atoms with Gasteiger partial charge in [-0.25, -0.2) is 0 Å². The summed E-state index contributed by atoms with van der Waals surface area (Å²) in [7, 11) is 1.80. The topological polar surface area (TPSA) is 180 Å². The fraction of sp³-hybridized carbons (Fsp3) is 0.778. The van der Waals surface area contributed by atoms with Crippen LogP contribution in [-0.2, 0) is 4.74 Å². The van der Waals surface area contributed by atoms with Crippen molar-refractivity contribution in [3.8, 4) is 0 Å². The Kier molecular flexibility index (Phi) is 9.91. The van der Waals surface area contributed by atoms with E-state index < -0.39 is 31.1 Å². The summed E-state index contributed by atoms with van der Waals surface area (Å²) in [5, 5.41) is 55.3. The number of rotatable bonds is 14. The van der Waals surface area contributed by atoms with Crippen LogP contribution in [0.5, 0.6) is 0 Å². The molecule has 0 fully saturated rings. The molecule has 12 nitrogen and oxygen atoms in total. The van der Waals surface area contributed by atoms with Crippen LogP contribution in [0.25, 0.3) is 0 Å². The van der Waals surface area contributed by atoms with Crippen LogP contribution >= 0.6 is 0 Å². The monoisotopic (exact) mass is 431 g/mol. The lowest BCUT2D eigenvalue weighted by Crippen LogP contribution is -2.53. The molecule has 0 aliphatic carbocycles. The zero-order valence-electron chi connectivity index (χ0n) is 17.6. The molecule has 0 aromatic rings. The van der Waals surface area contributed by atoms with Crippen LogP contribution in [0.4, 0.5) is 0 Å². The van der Waals surface area contributed by atoms with Crippen molar-refractivity contribution in [1.29, 1.82) is 0 Å². The van der Waals surface area contributed by atoms with Crippen molar-refractivity contribution in [1.82, 2.24) is 31.5 Å². The van der Waals surface area contributed by atoms with Crippen molar-refractivity contribution >= 4 is 0 Å². The molecule has 174 valence electrons. The first-order valence-electron chi connectivity index (χ1n) is 10.3. The largest absolute Gasteiger partial charge is 0.382 e. The maximum absolute atomic E-state index is 10.5. The maximum atomic E-state index is 10.5. The van der Waals surface area contributed by atoms with Gasteiger partial charge in [0.1, 0.15) is 30.7 Å². The van der Waals surface area contributed by atoms with Crippen LogP contribution in [0.15, 0.2) is 23.9 Å². The summed E-state index contributed by atoms with van der Waals surface area (Å²) in [6.45, 7) is 2.99. The van der Waals surface area contributed by atoms with Gasteiger partial charge in [0.15, 0.2) is 6.29 Å². The molecule has 2 rings (SSSR count). The van der Waals surface area contributed by atoms with E-state index in [1.807, 2.05) is 0 Å². The SMILES string of the molecule is CCOC(O)CCNC(O)C1NC(NC(O)C2CC(NC(O)CCN)=CN2)=CN1C. The molecule has 2 aliphatic heterocycles. The maximum Gasteiger partial charge on any atom is 0.155 e. The van der Waals surface area contributed by atoms with E-state index in [4.69, 9.17) is 10.5 Å². The number of aliphatic hydroxyl groups excluding tert-OH is 4. The summed E-state index contributed by atoms with van der Waals surface area (Å²) >= 11 is 0. The second-order valence-electron chi connectivity index (χ2n) is 7.37. The first-order chi connectivity index (χ1) is 14.3. The summed E-state index contributed by atoms with van der Waals surface area (Å²) < 4.78 is 5.05. The van der Waals surface area contributed by atoms with Crippen molar-refractivity contribution in [3.05, 3.63) is 23.9 Å². The van der Waals surface area contributed by atoms with Crippen molar-refractivity contribution < 1.29 is 25.2 Å². The van der Waals surface area contributed by atoms with Gasteiger partial charge in [-0.05, 0) is 13.5 Å². The lowest BCUT2D eigenvalue weighted by Gasteiger charge is -2.28. The van der Waals surface area contributed by atoms with E-state index in [1.54, 1.807) is 31.3 Å². The molecule has 0 radical (unpaired) electrons. The highest BCUT2D eigenvalue weighted by molar-refractivity contribution is 5.13. The Morgan fingerprint density at radius 3 is 2.70 bits per heavy atom. The van der Waals surface area contributed by atoms with Gasteiger partial charge in [-0.15, -0.1) is 0 Å². The Hall–Kier alpha value is -1.80. The number of ether oxygens (including phenoxy) is 1. The van der Waals surface area contributed by atoms with Gasteiger partial charge < -0.3 is 57.1 Å². The Labute approximate surface area is 177 Å². The lowest BCUT2D eigenvalue weighted by atomic mass is 10.2. The van der Waals surface area contributed by atoms with Crippen molar-refractivity contribution in [3.63, 3.8) is 0 Å². The van der Waals surface area contributed by atoms with E-state index in [2.05, 4.69) is 26.6 Å². The van der Waals surface area contributed by atoms with Crippen LogP contribution in [-0.4, -0.2) is 89.3 Å². The van der Waals surface area contributed by atoms with Crippen molar-refractivity contribution in [2.45, 2.75) is 63.4 Å². The van der Waals surface area contributed by atoms with Gasteiger partial charge in [-0.2, -0.15) is 0 Å². The average molecular weight is 432 g/mol. The van der Waals surface area contributed by atoms with Crippen molar-refractivity contribution in [2.24, 2.45) is 5.73 Å². The van der Waals surface area contributed by atoms with E-state index in [9.17, 15) is 20.4 Å². The molecule has 6 unspecified atom stereocenters. The molecule has 0 saturated heterocycles. The predicted octanol–water partition coefficient (Wildman–Crippen LogP) is -3.33. The molecule has 2 aliphatic rings. The minimum atomic E-state index is -0.900. The molecule has 0 aromatic carbocycles. The second kappa shape index (κ2) is 12.2. The quantitative estimate of drug-likeness (QED) is 0.124. The molecule has 0 amide bonds. The zero-order chi connectivity index (χ0) is 22.1. The van der Waals surface area contributed by atoms with Gasteiger partial charge in [0, 0.05) is 57.6 Å². The molecule has 0 bridgehead atoms. The van der Waals surface area contributed by atoms with Gasteiger partial charge >= 0.3 is 0 Å².